The van der Waals surface area contributed by atoms with E-state index in [1.807, 2.05) is 0 Å². The lowest BCUT2D eigenvalue weighted by molar-refractivity contribution is -0.153. The highest BCUT2D eigenvalue weighted by Crippen LogP contribution is 2.50. The molecule has 4 nitrogen and oxygen atoms in total. The number of ether oxygens (including phenoxy) is 2. The van der Waals surface area contributed by atoms with Gasteiger partial charge in [-0.15, -0.1) is 0 Å². The maximum absolute atomic E-state index is 11.6. The molecule has 0 aromatic carbocycles. The highest BCUT2D eigenvalue weighted by Gasteiger charge is 2.56. The summed E-state index contributed by atoms with van der Waals surface area (Å²) in [5.41, 5.74) is -0.942. The number of carbonyl (C=O) groups excluding carboxylic acids is 1. The van der Waals surface area contributed by atoms with Crippen LogP contribution in [0.2, 0.25) is 0 Å². The Kier molecular flexibility index (Phi) is 2.27. The van der Waals surface area contributed by atoms with Crippen LogP contribution >= 0.6 is 0 Å². The number of methoxy groups -OCH3 is 1. The summed E-state index contributed by atoms with van der Waals surface area (Å²) < 4.78 is 10.4. The summed E-state index contributed by atoms with van der Waals surface area (Å²) in [6.45, 7) is 0.409. The van der Waals surface area contributed by atoms with Crippen LogP contribution in [-0.4, -0.2) is 37.0 Å². The number of hydrogen-bond donors (Lipinski definition) is 1. The highest BCUT2D eigenvalue weighted by molar-refractivity contribution is 5.77. The highest BCUT2D eigenvalue weighted by atomic mass is 16.5. The largest absolute Gasteiger partial charge is 0.469 e. The van der Waals surface area contributed by atoms with E-state index < -0.39 is 11.0 Å². The lowest BCUT2D eigenvalue weighted by atomic mass is 9.71. The van der Waals surface area contributed by atoms with Crippen molar-refractivity contribution in [1.29, 1.82) is 0 Å². The second-order valence-electron chi connectivity index (χ2n) is 4.43. The van der Waals surface area contributed by atoms with Crippen molar-refractivity contribution in [1.82, 2.24) is 0 Å². The van der Waals surface area contributed by atoms with E-state index in [2.05, 4.69) is 0 Å². The topological polar surface area (TPSA) is 55.8 Å². The van der Waals surface area contributed by atoms with E-state index in [0.717, 1.165) is 19.3 Å². The van der Waals surface area contributed by atoms with Gasteiger partial charge in [0.05, 0.1) is 31.3 Å². The molecular weight excluding hydrogens is 184 g/mol. The van der Waals surface area contributed by atoms with Crippen molar-refractivity contribution < 1.29 is 19.4 Å². The van der Waals surface area contributed by atoms with Crippen LogP contribution in [0.25, 0.3) is 0 Å². The van der Waals surface area contributed by atoms with Crippen LogP contribution in [0.3, 0.4) is 0 Å². The van der Waals surface area contributed by atoms with E-state index in [9.17, 15) is 9.90 Å². The Morgan fingerprint density at radius 2 is 2.36 bits per heavy atom. The molecule has 1 heterocycles. The normalized spacial score (nSPS) is 41.0. The van der Waals surface area contributed by atoms with Gasteiger partial charge in [0.15, 0.2) is 0 Å². The predicted octanol–water partition coefficient (Wildman–Crippen LogP) is 0.481. The molecule has 0 radical (unpaired) electrons. The third-order valence-electron chi connectivity index (χ3n) is 3.51. The molecule has 2 fully saturated rings. The molecule has 0 aromatic heterocycles. The predicted molar refractivity (Wildman–Crippen MR) is 48.7 cm³/mol. The lowest BCUT2D eigenvalue weighted by Crippen LogP contribution is -2.41. The molecule has 1 N–H and O–H groups in total. The molecule has 0 aromatic rings. The van der Waals surface area contributed by atoms with E-state index in [-0.39, 0.29) is 12.6 Å². The Bertz CT molecular complexity index is 253. The fourth-order valence-corrected chi connectivity index (χ4v) is 2.71. The van der Waals surface area contributed by atoms with Gasteiger partial charge in [0.1, 0.15) is 0 Å². The average molecular weight is 200 g/mol. The molecule has 1 unspecified atom stereocenters. The van der Waals surface area contributed by atoms with Crippen LogP contribution in [-0.2, 0) is 14.3 Å². The van der Waals surface area contributed by atoms with Crippen LogP contribution < -0.4 is 0 Å². The monoisotopic (exact) mass is 200 g/mol. The van der Waals surface area contributed by atoms with Crippen molar-refractivity contribution >= 4 is 5.97 Å². The fraction of sp³-hybridized carbons (Fsp3) is 0.900. The van der Waals surface area contributed by atoms with Gasteiger partial charge in [-0.2, -0.15) is 0 Å². The maximum atomic E-state index is 11.6. The molecule has 1 aliphatic heterocycles. The molecule has 1 saturated carbocycles. The van der Waals surface area contributed by atoms with Crippen molar-refractivity contribution in [2.45, 2.75) is 31.3 Å². The molecule has 0 spiro atoms. The van der Waals surface area contributed by atoms with Crippen LogP contribution in [0.5, 0.6) is 0 Å². The molecule has 2 aliphatic rings. The van der Waals surface area contributed by atoms with Gasteiger partial charge in [-0.25, -0.2) is 0 Å². The van der Waals surface area contributed by atoms with E-state index >= 15 is 0 Å². The van der Waals surface area contributed by atoms with Crippen LogP contribution in [0.1, 0.15) is 25.7 Å². The molecule has 80 valence electrons. The molecule has 4 heteroatoms. The van der Waals surface area contributed by atoms with Gasteiger partial charge in [-0.3, -0.25) is 4.79 Å². The summed E-state index contributed by atoms with van der Waals surface area (Å²) in [5.74, 6) is -0.187. The lowest BCUT2D eigenvalue weighted by Gasteiger charge is -2.33. The zero-order valence-corrected chi connectivity index (χ0v) is 8.41. The van der Waals surface area contributed by atoms with E-state index in [4.69, 9.17) is 9.47 Å². The summed E-state index contributed by atoms with van der Waals surface area (Å²) in [4.78, 5) is 11.6. The van der Waals surface area contributed by atoms with E-state index in [0.29, 0.717) is 13.0 Å². The summed E-state index contributed by atoms with van der Waals surface area (Å²) in [6.07, 6.45) is 3.21. The van der Waals surface area contributed by atoms with Crippen molar-refractivity contribution in [3.63, 3.8) is 0 Å². The Hall–Kier alpha value is -0.610. The van der Waals surface area contributed by atoms with Crippen molar-refractivity contribution in [2.75, 3.05) is 20.3 Å². The quantitative estimate of drug-likeness (QED) is 0.659. The molecular formula is C10H16O4. The smallest absolute Gasteiger partial charge is 0.314 e. The molecule has 2 rings (SSSR count). The third-order valence-corrected chi connectivity index (χ3v) is 3.51. The second-order valence-corrected chi connectivity index (χ2v) is 4.43. The van der Waals surface area contributed by atoms with Gasteiger partial charge in [0.2, 0.25) is 0 Å². The first kappa shape index (κ1) is 9.93. The third kappa shape index (κ3) is 1.25. The molecule has 1 saturated heterocycles. The zero-order valence-electron chi connectivity index (χ0n) is 8.41. The van der Waals surface area contributed by atoms with Gasteiger partial charge in [0.25, 0.3) is 0 Å². The summed E-state index contributed by atoms with van der Waals surface area (Å²) in [5, 5.41) is 9.26. The number of aliphatic hydroxyl groups is 1. The molecule has 2 bridgehead atoms. The molecule has 14 heavy (non-hydrogen) atoms. The van der Waals surface area contributed by atoms with Gasteiger partial charge in [-0.05, 0) is 25.7 Å². The first-order valence-electron chi connectivity index (χ1n) is 5.00. The SMILES string of the molecule is COC(=O)[C@]12CCCC(CO)(C1)OC2. The van der Waals surface area contributed by atoms with E-state index in [1.54, 1.807) is 0 Å². The van der Waals surface area contributed by atoms with Crippen LogP contribution in [0.4, 0.5) is 0 Å². The first-order chi connectivity index (χ1) is 6.66. The molecule has 0 amide bonds. The van der Waals surface area contributed by atoms with Crippen molar-refractivity contribution in [2.24, 2.45) is 5.41 Å². The number of fused-ring (bicyclic) bond motifs is 2. The summed E-state index contributed by atoms with van der Waals surface area (Å²) >= 11 is 0. The summed E-state index contributed by atoms with van der Waals surface area (Å²) in [7, 11) is 1.41. The van der Waals surface area contributed by atoms with E-state index in [1.165, 1.54) is 7.11 Å². The van der Waals surface area contributed by atoms with Crippen LogP contribution in [0.15, 0.2) is 0 Å². The second kappa shape index (κ2) is 3.21. The minimum absolute atomic E-state index is 0.00570. The zero-order chi connectivity index (χ0) is 10.2. The minimum Gasteiger partial charge on any atom is -0.469 e. The minimum atomic E-state index is -0.476. The average Bonchev–Trinajstić information content (AvgIpc) is 2.51. The summed E-state index contributed by atoms with van der Waals surface area (Å²) in [6, 6.07) is 0. The van der Waals surface area contributed by atoms with Crippen molar-refractivity contribution in [3.05, 3.63) is 0 Å². The van der Waals surface area contributed by atoms with Gasteiger partial charge >= 0.3 is 5.97 Å². The molecule has 2 atom stereocenters. The first-order valence-corrected chi connectivity index (χ1v) is 5.00. The van der Waals surface area contributed by atoms with Gasteiger partial charge < -0.3 is 14.6 Å². The fourth-order valence-electron chi connectivity index (χ4n) is 2.71. The standard InChI is InChI=1S/C10H16O4/c1-13-8(12)9-3-2-4-10(5-9,6-11)14-7-9/h11H,2-7H2,1H3/t9-,10?/m1/s1. The van der Waals surface area contributed by atoms with Crippen LogP contribution in [0, 0.1) is 5.41 Å². The number of esters is 1. The number of hydrogen-bond acceptors (Lipinski definition) is 4. The number of rotatable bonds is 2. The number of aliphatic hydroxyl groups excluding tert-OH is 1. The maximum Gasteiger partial charge on any atom is 0.314 e. The Morgan fingerprint density at radius 3 is 3.00 bits per heavy atom. The van der Waals surface area contributed by atoms with Gasteiger partial charge in [0, 0.05) is 0 Å². The Morgan fingerprint density at radius 1 is 1.57 bits per heavy atom. The molecule has 1 aliphatic carbocycles. The number of carbonyl (C=O) groups is 1. The van der Waals surface area contributed by atoms with Gasteiger partial charge in [-0.1, -0.05) is 0 Å². The Labute approximate surface area is 83.2 Å². The van der Waals surface area contributed by atoms with Crippen molar-refractivity contribution in [3.8, 4) is 0 Å². The Balaban J connectivity index is 2.20.